The van der Waals surface area contributed by atoms with Gasteiger partial charge in [-0.3, -0.25) is 0 Å². The van der Waals surface area contributed by atoms with Gasteiger partial charge in [0.15, 0.2) is 0 Å². The fourth-order valence-corrected chi connectivity index (χ4v) is 2.61. The van der Waals surface area contributed by atoms with E-state index in [0.29, 0.717) is 5.92 Å². The molecule has 2 rings (SSSR count). The third-order valence-corrected chi connectivity index (χ3v) is 3.82. The Morgan fingerprint density at radius 2 is 1.93 bits per heavy atom. The Morgan fingerprint density at radius 3 is 2.36 bits per heavy atom. The zero-order chi connectivity index (χ0) is 10.5. The summed E-state index contributed by atoms with van der Waals surface area (Å²) in [4.78, 5) is 0. The minimum Gasteiger partial charge on any atom is -0.327 e. The van der Waals surface area contributed by atoms with Crippen LogP contribution in [-0.4, -0.2) is 6.04 Å². The molecule has 0 heterocycles. The van der Waals surface area contributed by atoms with Crippen LogP contribution in [0.4, 0.5) is 0 Å². The van der Waals surface area contributed by atoms with Crippen LogP contribution < -0.4 is 5.73 Å². The SMILES string of the molecule is Cc1cccc(Cl)c1[C@@H]1[C@@H](N)C1(C)C. The van der Waals surface area contributed by atoms with Gasteiger partial charge in [0.1, 0.15) is 0 Å². The van der Waals surface area contributed by atoms with Crippen LogP contribution >= 0.6 is 11.6 Å². The number of hydrogen-bond acceptors (Lipinski definition) is 1. The largest absolute Gasteiger partial charge is 0.327 e. The second-order valence-electron chi connectivity index (χ2n) is 4.80. The lowest BCUT2D eigenvalue weighted by Gasteiger charge is -2.08. The fourth-order valence-electron chi connectivity index (χ4n) is 2.27. The van der Waals surface area contributed by atoms with Gasteiger partial charge in [0.05, 0.1) is 0 Å². The highest BCUT2D eigenvalue weighted by molar-refractivity contribution is 6.31. The van der Waals surface area contributed by atoms with Crippen LogP contribution in [0.5, 0.6) is 0 Å². The molecule has 0 radical (unpaired) electrons. The quantitative estimate of drug-likeness (QED) is 0.756. The number of rotatable bonds is 1. The zero-order valence-corrected chi connectivity index (χ0v) is 9.60. The normalized spacial score (nSPS) is 28.9. The third kappa shape index (κ3) is 1.27. The molecule has 0 spiro atoms. The first-order valence-corrected chi connectivity index (χ1v) is 5.34. The van der Waals surface area contributed by atoms with Gasteiger partial charge in [0, 0.05) is 17.0 Å². The molecule has 0 bridgehead atoms. The number of aryl methyl sites for hydroxylation is 1. The summed E-state index contributed by atoms with van der Waals surface area (Å²) in [6.45, 7) is 6.50. The maximum absolute atomic E-state index is 6.20. The molecule has 0 aliphatic heterocycles. The van der Waals surface area contributed by atoms with Crippen molar-refractivity contribution in [3.05, 3.63) is 34.3 Å². The lowest BCUT2D eigenvalue weighted by atomic mass is 9.99. The van der Waals surface area contributed by atoms with Gasteiger partial charge in [-0.2, -0.15) is 0 Å². The summed E-state index contributed by atoms with van der Waals surface area (Å²) in [6.07, 6.45) is 0. The van der Waals surface area contributed by atoms with Gasteiger partial charge >= 0.3 is 0 Å². The zero-order valence-electron chi connectivity index (χ0n) is 8.84. The third-order valence-electron chi connectivity index (χ3n) is 3.49. The molecule has 0 amide bonds. The first kappa shape index (κ1) is 10.0. The fraction of sp³-hybridized carbons (Fsp3) is 0.500. The van der Waals surface area contributed by atoms with Gasteiger partial charge in [0.2, 0.25) is 0 Å². The second-order valence-corrected chi connectivity index (χ2v) is 5.20. The Labute approximate surface area is 90.3 Å². The van der Waals surface area contributed by atoms with Crippen molar-refractivity contribution in [2.45, 2.75) is 32.7 Å². The summed E-state index contributed by atoms with van der Waals surface area (Å²) in [5.74, 6) is 0.427. The lowest BCUT2D eigenvalue weighted by molar-refractivity contribution is 0.598. The average molecular weight is 210 g/mol. The monoisotopic (exact) mass is 209 g/mol. The lowest BCUT2D eigenvalue weighted by Crippen LogP contribution is -2.06. The van der Waals surface area contributed by atoms with Crippen LogP contribution in [-0.2, 0) is 0 Å². The smallest absolute Gasteiger partial charge is 0.0444 e. The summed E-state index contributed by atoms with van der Waals surface area (Å²) >= 11 is 6.20. The molecule has 1 nitrogen and oxygen atoms in total. The highest BCUT2D eigenvalue weighted by Gasteiger charge is 2.57. The van der Waals surface area contributed by atoms with Gasteiger partial charge < -0.3 is 5.73 Å². The first-order valence-electron chi connectivity index (χ1n) is 4.97. The number of nitrogens with two attached hydrogens (primary N) is 1. The van der Waals surface area contributed by atoms with Crippen LogP contribution in [0.1, 0.15) is 30.9 Å². The Hall–Kier alpha value is -0.530. The molecule has 2 N–H and O–H groups in total. The van der Waals surface area contributed by atoms with E-state index >= 15 is 0 Å². The van der Waals surface area contributed by atoms with E-state index in [-0.39, 0.29) is 11.5 Å². The standard InChI is InChI=1S/C12H16ClN/c1-7-5-4-6-8(13)9(7)10-11(14)12(10,2)3/h4-6,10-11H,14H2,1-3H3/t10-,11-/m1/s1. The van der Waals surface area contributed by atoms with Gasteiger partial charge in [-0.15, -0.1) is 0 Å². The molecule has 2 atom stereocenters. The minimum atomic E-state index is 0.204. The van der Waals surface area contributed by atoms with Gasteiger partial charge in [0.25, 0.3) is 0 Å². The van der Waals surface area contributed by atoms with E-state index in [1.54, 1.807) is 0 Å². The molecule has 0 saturated heterocycles. The van der Waals surface area contributed by atoms with E-state index in [1.807, 2.05) is 12.1 Å². The van der Waals surface area contributed by atoms with Gasteiger partial charge in [-0.05, 0) is 29.5 Å². The molecule has 2 heteroatoms. The second kappa shape index (κ2) is 2.98. The highest BCUT2D eigenvalue weighted by atomic mass is 35.5. The van der Waals surface area contributed by atoms with Crippen molar-refractivity contribution in [1.29, 1.82) is 0 Å². The minimum absolute atomic E-state index is 0.204. The van der Waals surface area contributed by atoms with Gasteiger partial charge in [-0.1, -0.05) is 37.6 Å². The van der Waals surface area contributed by atoms with Crippen molar-refractivity contribution in [2.24, 2.45) is 11.1 Å². The molecule has 0 unspecified atom stereocenters. The molecular weight excluding hydrogens is 194 g/mol. The first-order chi connectivity index (χ1) is 6.46. The molecule has 1 aliphatic rings. The summed E-state index contributed by atoms with van der Waals surface area (Å²) in [5.41, 5.74) is 8.76. The maximum Gasteiger partial charge on any atom is 0.0444 e. The molecule has 0 aromatic heterocycles. The number of benzene rings is 1. The van der Waals surface area contributed by atoms with E-state index in [1.165, 1.54) is 11.1 Å². The summed E-state index contributed by atoms with van der Waals surface area (Å²) in [7, 11) is 0. The molecule has 14 heavy (non-hydrogen) atoms. The topological polar surface area (TPSA) is 26.0 Å². The summed E-state index contributed by atoms with van der Waals surface area (Å²) < 4.78 is 0. The van der Waals surface area contributed by atoms with Crippen LogP contribution in [0.3, 0.4) is 0 Å². The van der Waals surface area contributed by atoms with Crippen molar-refractivity contribution in [2.75, 3.05) is 0 Å². The average Bonchev–Trinajstić information content (AvgIpc) is 2.54. The van der Waals surface area contributed by atoms with Crippen molar-refractivity contribution in [3.8, 4) is 0 Å². The predicted octanol–water partition coefficient (Wildman–Crippen LogP) is 3.10. The molecule has 1 aromatic rings. The van der Waals surface area contributed by atoms with Crippen molar-refractivity contribution in [3.63, 3.8) is 0 Å². The predicted molar refractivity (Wildman–Crippen MR) is 60.7 cm³/mol. The van der Waals surface area contributed by atoms with Crippen molar-refractivity contribution in [1.82, 2.24) is 0 Å². The molecule has 1 aliphatic carbocycles. The Balaban J connectivity index is 2.44. The molecule has 1 saturated carbocycles. The van der Waals surface area contributed by atoms with E-state index in [9.17, 15) is 0 Å². The van der Waals surface area contributed by atoms with E-state index in [0.717, 1.165) is 5.02 Å². The number of hydrogen-bond donors (Lipinski definition) is 1. The van der Waals surface area contributed by atoms with E-state index < -0.39 is 0 Å². The van der Waals surface area contributed by atoms with Crippen LogP contribution in [0.2, 0.25) is 5.02 Å². The van der Waals surface area contributed by atoms with Crippen molar-refractivity contribution >= 4 is 11.6 Å². The Kier molecular flexibility index (Phi) is 2.13. The Morgan fingerprint density at radius 1 is 1.36 bits per heavy atom. The molecular formula is C12H16ClN. The van der Waals surface area contributed by atoms with E-state index in [2.05, 4.69) is 26.8 Å². The summed E-state index contributed by atoms with van der Waals surface area (Å²) in [6, 6.07) is 6.29. The van der Waals surface area contributed by atoms with E-state index in [4.69, 9.17) is 17.3 Å². The summed E-state index contributed by atoms with van der Waals surface area (Å²) in [5, 5.41) is 0.857. The van der Waals surface area contributed by atoms with Crippen LogP contribution in [0.25, 0.3) is 0 Å². The maximum atomic E-state index is 6.20. The molecule has 1 aromatic carbocycles. The van der Waals surface area contributed by atoms with Crippen LogP contribution in [0, 0.1) is 12.3 Å². The molecule has 76 valence electrons. The molecule has 1 fully saturated rings. The van der Waals surface area contributed by atoms with Crippen LogP contribution in [0.15, 0.2) is 18.2 Å². The Bertz CT molecular complexity index is 350. The highest BCUT2D eigenvalue weighted by Crippen LogP contribution is 2.59. The van der Waals surface area contributed by atoms with Crippen molar-refractivity contribution < 1.29 is 0 Å². The number of halogens is 1. The van der Waals surface area contributed by atoms with Gasteiger partial charge in [-0.25, -0.2) is 0 Å².